The standard InChI is InChI=1S/C29H30OSi/c1-29(2,3)31(26-18-9-5-10-19-26,27-20-11-6-12-21-27)30-23-25-17-13-14-22-28(25)24-15-7-4-8-16-24/h4-22H,23H2,1-3H3. The van der Waals surface area contributed by atoms with E-state index in [1.165, 1.54) is 27.1 Å². The van der Waals surface area contributed by atoms with E-state index in [1.54, 1.807) is 0 Å². The van der Waals surface area contributed by atoms with Gasteiger partial charge in [0.25, 0.3) is 8.32 Å². The molecule has 0 radical (unpaired) electrons. The Morgan fingerprint density at radius 3 is 1.55 bits per heavy atom. The van der Waals surface area contributed by atoms with Crippen molar-refractivity contribution in [3.8, 4) is 11.1 Å². The second-order valence-electron chi connectivity index (χ2n) is 8.98. The fourth-order valence-electron chi connectivity index (χ4n) is 4.49. The van der Waals surface area contributed by atoms with Crippen LogP contribution in [0.1, 0.15) is 26.3 Å². The Balaban J connectivity index is 1.81. The van der Waals surface area contributed by atoms with Crippen LogP contribution < -0.4 is 10.4 Å². The lowest BCUT2D eigenvalue weighted by Crippen LogP contribution is -2.66. The summed E-state index contributed by atoms with van der Waals surface area (Å²) in [6, 6.07) is 40.9. The minimum absolute atomic E-state index is 0.0304. The summed E-state index contributed by atoms with van der Waals surface area (Å²) in [5.74, 6) is 0. The first-order chi connectivity index (χ1) is 15.0. The number of hydrogen-bond donors (Lipinski definition) is 0. The highest BCUT2D eigenvalue weighted by molar-refractivity contribution is 6.99. The first kappa shape index (κ1) is 21.3. The predicted octanol–water partition coefficient (Wildman–Crippen LogP) is 6.43. The molecule has 0 unspecified atom stereocenters. The molecule has 4 rings (SSSR count). The van der Waals surface area contributed by atoms with Gasteiger partial charge >= 0.3 is 0 Å². The summed E-state index contributed by atoms with van der Waals surface area (Å²) in [6.07, 6.45) is 0. The maximum absolute atomic E-state index is 7.15. The normalized spacial score (nSPS) is 12.0. The van der Waals surface area contributed by atoms with E-state index in [1.807, 2.05) is 0 Å². The SMILES string of the molecule is CC(C)(C)[Si](OCc1ccccc1-c1ccccc1)(c1ccccc1)c1ccccc1. The Hall–Kier alpha value is -2.94. The van der Waals surface area contributed by atoms with Crippen LogP contribution in [0, 0.1) is 0 Å². The number of rotatable bonds is 6. The van der Waals surface area contributed by atoms with Crippen molar-refractivity contribution >= 4 is 18.7 Å². The van der Waals surface area contributed by atoms with Gasteiger partial charge < -0.3 is 4.43 Å². The number of benzene rings is 4. The summed E-state index contributed by atoms with van der Waals surface area (Å²) in [4.78, 5) is 0. The Morgan fingerprint density at radius 1 is 0.581 bits per heavy atom. The lowest BCUT2D eigenvalue weighted by Gasteiger charge is -2.43. The largest absolute Gasteiger partial charge is 0.403 e. The van der Waals surface area contributed by atoms with Gasteiger partial charge in [-0.3, -0.25) is 0 Å². The van der Waals surface area contributed by atoms with Crippen LogP contribution in [0.15, 0.2) is 115 Å². The monoisotopic (exact) mass is 422 g/mol. The van der Waals surface area contributed by atoms with E-state index >= 15 is 0 Å². The maximum Gasteiger partial charge on any atom is 0.261 e. The van der Waals surface area contributed by atoms with Crippen molar-refractivity contribution < 1.29 is 4.43 Å². The zero-order chi connectivity index (χ0) is 21.7. The number of hydrogen-bond acceptors (Lipinski definition) is 1. The molecular weight excluding hydrogens is 392 g/mol. The summed E-state index contributed by atoms with van der Waals surface area (Å²) in [6.45, 7) is 7.55. The third-order valence-corrected chi connectivity index (χ3v) is 10.9. The van der Waals surface area contributed by atoms with Crippen LogP contribution in [0.4, 0.5) is 0 Å². The van der Waals surface area contributed by atoms with Crippen molar-refractivity contribution in [1.82, 2.24) is 0 Å². The fourth-order valence-corrected chi connectivity index (χ4v) is 9.02. The Labute approximate surface area is 187 Å². The molecule has 0 aliphatic carbocycles. The minimum Gasteiger partial charge on any atom is -0.403 e. The molecular formula is C29H30OSi. The zero-order valence-corrected chi connectivity index (χ0v) is 19.6. The van der Waals surface area contributed by atoms with E-state index in [4.69, 9.17) is 4.43 Å². The summed E-state index contributed by atoms with van der Waals surface area (Å²) >= 11 is 0. The third kappa shape index (κ3) is 4.27. The van der Waals surface area contributed by atoms with Crippen molar-refractivity contribution in [3.05, 3.63) is 121 Å². The molecule has 0 fully saturated rings. The van der Waals surface area contributed by atoms with Crippen molar-refractivity contribution in [3.63, 3.8) is 0 Å². The first-order valence-corrected chi connectivity index (χ1v) is 12.8. The van der Waals surface area contributed by atoms with Crippen LogP contribution in [-0.4, -0.2) is 8.32 Å². The van der Waals surface area contributed by atoms with Gasteiger partial charge in [-0.2, -0.15) is 0 Å². The van der Waals surface area contributed by atoms with Gasteiger partial charge in [-0.05, 0) is 32.1 Å². The molecule has 0 aromatic heterocycles. The minimum atomic E-state index is -2.56. The summed E-state index contributed by atoms with van der Waals surface area (Å²) in [5, 5.41) is 2.59. The van der Waals surface area contributed by atoms with Gasteiger partial charge in [0.2, 0.25) is 0 Å². The van der Waals surface area contributed by atoms with E-state index < -0.39 is 8.32 Å². The topological polar surface area (TPSA) is 9.23 Å². The third-order valence-electron chi connectivity index (χ3n) is 5.96. The molecule has 0 saturated heterocycles. The lowest BCUT2D eigenvalue weighted by atomic mass is 10.0. The van der Waals surface area contributed by atoms with Crippen LogP contribution in [0.2, 0.25) is 5.04 Å². The molecule has 0 N–H and O–H groups in total. The highest BCUT2D eigenvalue weighted by Crippen LogP contribution is 2.38. The molecule has 0 amide bonds. The molecule has 4 aromatic carbocycles. The van der Waals surface area contributed by atoms with Gasteiger partial charge in [0.15, 0.2) is 0 Å². The molecule has 31 heavy (non-hydrogen) atoms. The van der Waals surface area contributed by atoms with Gasteiger partial charge in [0.05, 0.1) is 6.61 Å². The quantitative estimate of drug-likeness (QED) is 0.325. The zero-order valence-electron chi connectivity index (χ0n) is 18.6. The Bertz CT molecular complexity index is 1060. The van der Waals surface area contributed by atoms with Gasteiger partial charge in [-0.15, -0.1) is 0 Å². The Kier molecular flexibility index (Phi) is 6.22. The molecule has 0 aliphatic rings. The molecule has 1 nitrogen and oxygen atoms in total. The summed E-state index contributed by atoms with van der Waals surface area (Å²) in [7, 11) is -2.56. The van der Waals surface area contributed by atoms with Crippen LogP contribution in [0.5, 0.6) is 0 Å². The molecule has 156 valence electrons. The van der Waals surface area contributed by atoms with E-state index in [9.17, 15) is 0 Å². The molecule has 0 spiro atoms. The average Bonchev–Trinajstić information content (AvgIpc) is 2.81. The summed E-state index contributed by atoms with van der Waals surface area (Å²) < 4.78 is 7.15. The van der Waals surface area contributed by atoms with Gasteiger partial charge in [0, 0.05) is 0 Å². The first-order valence-electron chi connectivity index (χ1n) is 10.9. The second kappa shape index (κ2) is 9.05. The van der Waals surface area contributed by atoms with Gasteiger partial charge in [0.1, 0.15) is 0 Å². The van der Waals surface area contributed by atoms with E-state index in [0.717, 1.165) is 0 Å². The van der Waals surface area contributed by atoms with Crippen LogP contribution in [0.25, 0.3) is 11.1 Å². The molecule has 2 heteroatoms. The second-order valence-corrected chi connectivity index (χ2v) is 13.3. The molecule has 0 atom stereocenters. The van der Waals surface area contributed by atoms with Crippen molar-refractivity contribution in [2.24, 2.45) is 0 Å². The molecule has 0 heterocycles. The summed E-state index contributed by atoms with van der Waals surface area (Å²) in [5.41, 5.74) is 3.69. The van der Waals surface area contributed by atoms with Crippen molar-refractivity contribution in [1.29, 1.82) is 0 Å². The highest BCUT2D eigenvalue weighted by Gasteiger charge is 2.50. The van der Waals surface area contributed by atoms with Crippen LogP contribution in [-0.2, 0) is 11.0 Å². The van der Waals surface area contributed by atoms with E-state index in [2.05, 4.69) is 136 Å². The van der Waals surface area contributed by atoms with Crippen LogP contribution >= 0.6 is 0 Å². The van der Waals surface area contributed by atoms with Crippen molar-refractivity contribution in [2.45, 2.75) is 32.4 Å². The molecule has 0 bridgehead atoms. The average molecular weight is 423 g/mol. The van der Waals surface area contributed by atoms with Gasteiger partial charge in [-0.1, -0.05) is 136 Å². The predicted molar refractivity (Wildman–Crippen MR) is 134 cm³/mol. The van der Waals surface area contributed by atoms with Crippen molar-refractivity contribution in [2.75, 3.05) is 0 Å². The van der Waals surface area contributed by atoms with E-state index in [-0.39, 0.29) is 5.04 Å². The van der Waals surface area contributed by atoms with Gasteiger partial charge in [-0.25, -0.2) is 0 Å². The molecule has 0 saturated carbocycles. The van der Waals surface area contributed by atoms with Crippen LogP contribution in [0.3, 0.4) is 0 Å². The Morgan fingerprint density at radius 2 is 1.03 bits per heavy atom. The van der Waals surface area contributed by atoms with E-state index in [0.29, 0.717) is 6.61 Å². The maximum atomic E-state index is 7.15. The smallest absolute Gasteiger partial charge is 0.261 e. The fraction of sp³-hybridized carbons (Fsp3) is 0.172. The molecule has 4 aromatic rings. The molecule has 0 aliphatic heterocycles. The lowest BCUT2D eigenvalue weighted by molar-refractivity contribution is 0.286. The highest BCUT2D eigenvalue weighted by atomic mass is 28.4.